The molecule has 0 amide bonds. The zero-order valence-corrected chi connectivity index (χ0v) is 19.0. The van der Waals surface area contributed by atoms with Crippen LogP contribution in [0.5, 0.6) is 0 Å². The molecule has 5 heteroatoms. The van der Waals surface area contributed by atoms with Crippen molar-refractivity contribution in [2.45, 2.75) is 110 Å². The molecule has 4 nitrogen and oxygen atoms in total. The third kappa shape index (κ3) is 10.4. The van der Waals surface area contributed by atoms with Gasteiger partial charge in [0.1, 0.15) is 6.07 Å². The van der Waals surface area contributed by atoms with Gasteiger partial charge in [0.15, 0.2) is 5.67 Å². The highest BCUT2D eigenvalue weighted by Gasteiger charge is 2.32. The van der Waals surface area contributed by atoms with Gasteiger partial charge in [-0.1, -0.05) is 13.8 Å². The largest absolute Gasteiger partial charge is 0.325 e. The van der Waals surface area contributed by atoms with Gasteiger partial charge in [-0.2, -0.15) is 5.26 Å². The van der Waals surface area contributed by atoms with Gasteiger partial charge >= 0.3 is 0 Å². The fourth-order valence-corrected chi connectivity index (χ4v) is 3.59. The number of hydrogen-bond donors (Lipinski definition) is 1. The van der Waals surface area contributed by atoms with Crippen molar-refractivity contribution >= 4 is 0 Å². The van der Waals surface area contributed by atoms with Crippen LogP contribution in [0.1, 0.15) is 87.0 Å². The topological polar surface area (TPSA) is 56.3 Å². The second-order valence-electron chi connectivity index (χ2n) is 8.70. The first-order chi connectivity index (χ1) is 12.6. The molecule has 2 atom stereocenters. The SMILES string of the molecule is CC.CC(C)N1CCCC(C)(N)CC1.CC(C)N1CCCC(F)(C#N)CC1. The highest BCUT2D eigenvalue weighted by Crippen LogP contribution is 2.26. The van der Waals surface area contributed by atoms with Crippen molar-refractivity contribution < 1.29 is 4.39 Å². The second kappa shape index (κ2) is 12.7. The zero-order valence-electron chi connectivity index (χ0n) is 19.0. The van der Waals surface area contributed by atoms with Crippen molar-refractivity contribution in [3.8, 4) is 6.07 Å². The van der Waals surface area contributed by atoms with Crippen LogP contribution >= 0.6 is 0 Å². The van der Waals surface area contributed by atoms with Crippen molar-refractivity contribution in [2.24, 2.45) is 5.73 Å². The van der Waals surface area contributed by atoms with Crippen molar-refractivity contribution in [1.82, 2.24) is 9.80 Å². The molecule has 0 aliphatic carbocycles. The summed E-state index contributed by atoms with van der Waals surface area (Å²) in [5.74, 6) is 0. The Hall–Kier alpha value is -0.700. The standard InChI is InChI=1S/C10H17FN2.C10H22N2.C2H6/c1-9(2)13-6-3-4-10(11,8-12)5-7-13;1-9(2)12-7-4-5-10(3,11)6-8-12;1-2/h9H,3-7H2,1-2H3;9H,4-8,11H2,1-3H3;1-2H3. The predicted octanol–water partition coefficient (Wildman–Crippen LogP) is 4.74. The van der Waals surface area contributed by atoms with Gasteiger partial charge in [-0.15, -0.1) is 0 Å². The van der Waals surface area contributed by atoms with E-state index in [0.29, 0.717) is 31.5 Å². The van der Waals surface area contributed by atoms with Crippen molar-refractivity contribution in [1.29, 1.82) is 5.26 Å². The molecule has 2 rings (SSSR count). The molecule has 2 aliphatic heterocycles. The molecule has 0 aromatic heterocycles. The normalized spacial score (nSPS) is 30.3. The minimum atomic E-state index is -1.57. The Labute approximate surface area is 168 Å². The zero-order chi connectivity index (χ0) is 21.1. The summed E-state index contributed by atoms with van der Waals surface area (Å²) in [4.78, 5) is 4.76. The third-order valence-corrected chi connectivity index (χ3v) is 5.64. The average Bonchev–Trinajstić information content (AvgIpc) is 2.93. The van der Waals surface area contributed by atoms with Crippen molar-refractivity contribution in [2.75, 3.05) is 26.2 Å². The Balaban J connectivity index is 0.000000460. The van der Waals surface area contributed by atoms with E-state index in [-0.39, 0.29) is 5.54 Å². The molecule has 0 saturated carbocycles. The van der Waals surface area contributed by atoms with Gasteiger partial charge in [-0.05, 0) is 79.8 Å². The van der Waals surface area contributed by atoms with Gasteiger partial charge in [0.05, 0.1) is 0 Å². The molecule has 2 aliphatic rings. The van der Waals surface area contributed by atoms with E-state index in [4.69, 9.17) is 11.0 Å². The lowest BCUT2D eigenvalue weighted by Gasteiger charge is -2.25. The Morgan fingerprint density at radius 3 is 1.74 bits per heavy atom. The molecule has 0 aromatic carbocycles. The van der Waals surface area contributed by atoms with E-state index in [0.717, 1.165) is 19.4 Å². The van der Waals surface area contributed by atoms with E-state index in [1.54, 1.807) is 6.07 Å². The van der Waals surface area contributed by atoms with Crippen LogP contribution < -0.4 is 5.73 Å². The summed E-state index contributed by atoms with van der Waals surface area (Å²) in [7, 11) is 0. The second-order valence-corrected chi connectivity index (χ2v) is 8.70. The monoisotopic (exact) mass is 384 g/mol. The van der Waals surface area contributed by atoms with Gasteiger partial charge < -0.3 is 15.5 Å². The van der Waals surface area contributed by atoms with E-state index < -0.39 is 5.67 Å². The molecule has 2 N–H and O–H groups in total. The van der Waals surface area contributed by atoms with Crippen LogP contribution in [0.4, 0.5) is 4.39 Å². The highest BCUT2D eigenvalue weighted by molar-refractivity contribution is 5.02. The molecule has 0 bridgehead atoms. The summed E-state index contributed by atoms with van der Waals surface area (Å²) < 4.78 is 13.6. The number of alkyl halides is 1. The fourth-order valence-electron chi connectivity index (χ4n) is 3.59. The molecule has 2 fully saturated rings. The molecule has 2 unspecified atom stereocenters. The van der Waals surface area contributed by atoms with E-state index in [9.17, 15) is 4.39 Å². The summed E-state index contributed by atoms with van der Waals surface area (Å²) >= 11 is 0. The van der Waals surface area contributed by atoms with Crippen LogP contribution in [0, 0.1) is 11.3 Å². The number of nitriles is 1. The molecule has 0 aromatic rings. The molecule has 2 heterocycles. The van der Waals surface area contributed by atoms with Crippen LogP contribution in [-0.2, 0) is 0 Å². The molecular weight excluding hydrogens is 339 g/mol. The molecule has 0 radical (unpaired) electrons. The predicted molar refractivity (Wildman–Crippen MR) is 115 cm³/mol. The lowest BCUT2D eigenvalue weighted by Crippen LogP contribution is -2.38. The van der Waals surface area contributed by atoms with Crippen molar-refractivity contribution in [3.63, 3.8) is 0 Å². The summed E-state index contributed by atoms with van der Waals surface area (Å²) in [6.07, 6.45) is 5.13. The minimum Gasteiger partial charge on any atom is -0.325 e. The smallest absolute Gasteiger partial charge is 0.197 e. The van der Waals surface area contributed by atoms with Crippen LogP contribution in [0.25, 0.3) is 0 Å². The Kier molecular flexibility index (Phi) is 12.4. The van der Waals surface area contributed by atoms with Crippen LogP contribution in [0.15, 0.2) is 0 Å². The molecule has 160 valence electrons. The fraction of sp³-hybridized carbons (Fsp3) is 0.955. The molecule has 2 saturated heterocycles. The lowest BCUT2D eigenvalue weighted by molar-refractivity contribution is 0.191. The highest BCUT2D eigenvalue weighted by atomic mass is 19.1. The van der Waals surface area contributed by atoms with Crippen LogP contribution in [-0.4, -0.2) is 59.3 Å². The van der Waals surface area contributed by atoms with E-state index >= 15 is 0 Å². The number of rotatable bonds is 2. The maximum absolute atomic E-state index is 13.6. The van der Waals surface area contributed by atoms with Crippen LogP contribution in [0.2, 0.25) is 0 Å². The quantitative estimate of drug-likeness (QED) is 0.747. The van der Waals surface area contributed by atoms with E-state index in [1.165, 1.54) is 25.9 Å². The maximum atomic E-state index is 13.6. The van der Waals surface area contributed by atoms with Crippen molar-refractivity contribution in [3.05, 3.63) is 0 Å². The minimum absolute atomic E-state index is 0.0869. The van der Waals surface area contributed by atoms with Gasteiger partial charge in [0.2, 0.25) is 0 Å². The van der Waals surface area contributed by atoms with Gasteiger partial charge in [0.25, 0.3) is 0 Å². The van der Waals surface area contributed by atoms with Crippen LogP contribution in [0.3, 0.4) is 0 Å². The summed E-state index contributed by atoms with van der Waals surface area (Å²) in [5.41, 5.74) is 4.63. The Morgan fingerprint density at radius 1 is 0.852 bits per heavy atom. The number of halogens is 1. The van der Waals surface area contributed by atoms with Gasteiger partial charge in [-0.3, -0.25) is 0 Å². The van der Waals surface area contributed by atoms with E-state index in [2.05, 4.69) is 44.4 Å². The molecular formula is C22H45FN4. The molecule has 27 heavy (non-hydrogen) atoms. The van der Waals surface area contributed by atoms with Gasteiger partial charge in [-0.25, -0.2) is 4.39 Å². The first kappa shape index (κ1) is 26.3. The third-order valence-electron chi connectivity index (χ3n) is 5.64. The first-order valence-electron chi connectivity index (χ1n) is 11.0. The summed E-state index contributed by atoms with van der Waals surface area (Å²) in [6.45, 7) is 19.0. The number of hydrogen-bond acceptors (Lipinski definition) is 4. The average molecular weight is 385 g/mol. The first-order valence-corrected chi connectivity index (χ1v) is 11.0. The van der Waals surface area contributed by atoms with Gasteiger partial charge in [0, 0.05) is 37.1 Å². The van der Waals surface area contributed by atoms with E-state index in [1.807, 2.05) is 13.8 Å². The summed E-state index contributed by atoms with van der Waals surface area (Å²) in [6, 6.07) is 2.93. The summed E-state index contributed by atoms with van der Waals surface area (Å²) in [5, 5.41) is 8.66. The Bertz CT molecular complexity index is 431. The molecule has 0 spiro atoms. The maximum Gasteiger partial charge on any atom is 0.197 e. The number of nitrogens with two attached hydrogens (primary N) is 1. The lowest BCUT2D eigenvalue weighted by atomic mass is 9.95. The Morgan fingerprint density at radius 2 is 1.30 bits per heavy atom. The number of likely N-dealkylation sites (tertiary alicyclic amines) is 2. The number of nitrogens with zero attached hydrogens (tertiary/aromatic N) is 3.